The van der Waals surface area contributed by atoms with Gasteiger partial charge < -0.3 is 4.57 Å². The van der Waals surface area contributed by atoms with Gasteiger partial charge in [-0.3, -0.25) is 14.7 Å². The second kappa shape index (κ2) is 8.16. The molecule has 0 radical (unpaired) electrons. The molecule has 3 heterocycles. The minimum atomic E-state index is -4.55. The van der Waals surface area contributed by atoms with Gasteiger partial charge in [-0.2, -0.15) is 18.4 Å². The van der Waals surface area contributed by atoms with Gasteiger partial charge in [0.05, 0.1) is 40.3 Å². The van der Waals surface area contributed by atoms with Crippen LogP contribution in [0.15, 0.2) is 36.5 Å². The van der Waals surface area contributed by atoms with E-state index < -0.39 is 11.7 Å². The minimum absolute atomic E-state index is 0.149. The number of carbonyl (C=O) groups excluding carboxylic acids is 1. The quantitative estimate of drug-likeness (QED) is 0.557. The third kappa shape index (κ3) is 4.06. The first kappa shape index (κ1) is 21.1. The molecule has 2 aromatic heterocycles. The molecule has 4 rings (SSSR count). The zero-order valence-electron chi connectivity index (χ0n) is 17.0. The number of ketones is 1. The van der Waals surface area contributed by atoms with Crippen LogP contribution in [0.4, 0.5) is 13.2 Å². The summed E-state index contributed by atoms with van der Waals surface area (Å²) in [6.07, 6.45) is -0.558. The molecule has 0 aliphatic carbocycles. The van der Waals surface area contributed by atoms with Crippen LogP contribution in [0.2, 0.25) is 0 Å². The first-order valence-corrected chi connectivity index (χ1v) is 10.1. The van der Waals surface area contributed by atoms with Gasteiger partial charge >= 0.3 is 6.18 Å². The highest BCUT2D eigenvalue weighted by Gasteiger charge is 2.33. The molecule has 0 unspecified atom stereocenters. The molecule has 0 atom stereocenters. The minimum Gasteiger partial charge on any atom is -0.312 e. The first-order chi connectivity index (χ1) is 14.8. The van der Waals surface area contributed by atoms with Crippen molar-refractivity contribution in [2.75, 3.05) is 19.6 Å². The second-order valence-corrected chi connectivity index (χ2v) is 7.80. The van der Waals surface area contributed by atoms with Gasteiger partial charge in [-0.05, 0) is 63.2 Å². The number of Topliss-reactive ketones (excluding diaryl/α,β-unsaturated/α-hetero) is 1. The number of pyridine rings is 1. The van der Waals surface area contributed by atoms with Gasteiger partial charge in [-0.25, -0.2) is 0 Å². The Hall–Kier alpha value is -3.18. The first-order valence-electron chi connectivity index (χ1n) is 10.1. The summed E-state index contributed by atoms with van der Waals surface area (Å²) in [7, 11) is 0. The number of alkyl halides is 3. The van der Waals surface area contributed by atoms with Crippen molar-refractivity contribution in [1.29, 1.82) is 5.26 Å². The lowest BCUT2D eigenvalue weighted by Gasteiger charge is -2.25. The van der Waals surface area contributed by atoms with Crippen molar-refractivity contribution in [2.45, 2.75) is 32.4 Å². The lowest BCUT2D eigenvalue weighted by molar-refractivity contribution is -0.137. The Morgan fingerprint density at radius 1 is 1.16 bits per heavy atom. The number of rotatable bonds is 4. The number of hydrogen-bond acceptors (Lipinski definition) is 4. The molecule has 0 saturated carbocycles. The molecule has 1 aromatic carbocycles. The van der Waals surface area contributed by atoms with Crippen LogP contribution in [0.5, 0.6) is 0 Å². The predicted molar refractivity (Wildman–Crippen MR) is 110 cm³/mol. The number of likely N-dealkylation sites (tertiary alicyclic amines) is 1. The predicted octanol–water partition coefficient (Wildman–Crippen LogP) is 4.89. The highest BCUT2D eigenvalue weighted by Crippen LogP contribution is 2.34. The van der Waals surface area contributed by atoms with Crippen molar-refractivity contribution in [3.63, 3.8) is 0 Å². The van der Waals surface area contributed by atoms with Gasteiger partial charge in [0.2, 0.25) is 0 Å². The maximum atomic E-state index is 13.4. The summed E-state index contributed by atoms with van der Waals surface area (Å²) in [5, 5.41) is 9.04. The van der Waals surface area contributed by atoms with E-state index in [0.29, 0.717) is 22.5 Å². The lowest BCUT2D eigenvalue weighted by Crippen LogP contribution is -2.34. The largest absolute Gasteiger partial charge is 0.417 e. The van der Waals surface area contributed by atoms with Crippen LogP contribution in [-0.2, 0) is 6.18 Å². The van der Waals surface area contributed by atoms with Gasteiger partial charge in [0, 0.05) is 17.6 Å². The van der Waals surface area contributed by atoms with E-state index in [2.05, 4.69) is 9.88 Å². The van der Waals surface area contributed by atoms with Gasteiger partial charge in [0.1, 0.15) is 0 Å². The molecule has 0 N–H and O–H groups in total. The Morgan fingerprint density at radius 3 is 2.45 bits per heavy atom. The Labute approximate surface area is 177 Å². The summed E-state index contributed by atoms with van der Waals surface area (Å²) in [5.74, 6) is -0.149. The van der Waals surface area contributed by atoms with Gasteiger partial charge in [0.25, 0.3) is 0 Å². The van der Waals surface area contributed by atoms with Crippen LogP contribution < -0.4 is 0 Å². The molecule has 1 fully saturated rings. The van der Waals surface area contributed by atoms with Crippen molar-refractivity contribution in [3.8, 4) is 11.8 Å². The molecule has 8 heteroatoms. The zero-order chi connectivity index (χ0) is 22.2. The molecular formula is C23H21F3N4O. The highest BCUT2D eigenvalue weighted by atomic mass is 19.4. The molecule has 3 aromatic rings. The lowest BCUT2D eigenvalue weighted by atomic mass is 10.1. The molecule has 160 valence electrons. The van der Waals surface area contributed by atoms with E-state index >= 15 is 0 Å². The third-order valence-electron chi connectivity index (χ3n) is 5.72. The van der Waals surface area contributed by atoms with Crippen molar-refractivity contribution in [1.82, 2.24) is 14.5 Å². The normalized spacial score (nSPS) is 15.2. The standard InChI is InChI=1S/C23H21F3N4O/c1-15-21(20(31)14-29-9-3-2-4-10-29)22-19(11-17(13-28-22)23(24,25)26)30(15)18-7-5-16(12-27)6-8-18/h5-8,11,13H,2-4,9-10,14H2,1H3. The number of benzene rings is 1. The van der Waals surface area contributed by atoms with Crippen molar-refractivity contribution in [3.05, 3.63) is 58.9 Å². The molecule has 31 heavy (non-hydrogen) atoms. The van der Waals surface area contributed by atoms with E-state index in [-0.39, 0.29) is 23.4 Å². The summed E-state index contributed by atoms with van der Waals surface area (Å²) in [4.78, 5) is 19.4. The number of nitrogens with zero attached hydrogens (tertiary/aromatic N) is 4. The van der Waals surface area contributed by atoms with Crippen LogP contribution in [0, 0.1) is 18.3 Å². The second-order valence-electron chi connectivity index (χ2n) is 7.80. The number of hydrogen-bond donors (Lipinski definition) is 0. The van der Waals surface area contributed by atoms with Crippen LogP contribution in [0.25, 0.3) is 16.7 Å². The number of fused-ring (bicyclic) bond motifs is 1. The Kier molecular flexibility index (Phi) is 5.54. The Bertz CT molecular complexity index is 1170. The van der Waals surface area contributed by atoms with Crippen LogP contribution in [0.3, 0.4) is 0 Å². The number of nitriles is 1. The van der Waals surface area contributed by atoms with Crippen LogP contribution in [-0.4, -0.2) is 39.9 Å². The fraction of sp³-hybridized carbons (Fsp3) is 0.348. The molecule has 5 nitrogen and oxygen atoms in total. The van der Waals surface area contributed by atoms with Gasteiger partial charge in [-0.15, -0.1) is 0 Å². The zero-order valence-corrected chi connectivity index (χ0v) is 17.0. The molecule has 0 amide bonds. The summed E-state index contributed by atoms with van der Waals surface area (Å²) >= 11 is 0. The van der Waals surface area contributed by atoms with Crippen LogP contribution >= 0.6 is 0 Å². The van der Waals surface area contributed by atoms with E-state index in [1.807, 2.05) is 6.07 Å². The average Bonchev–Trinajstić information content (AvgIpc) is 3.05. The molecule has 1 saturated heterocycles. The van der Waals surface area contributed by atoms with E-state index in [1.54, 1.807) is 35.8 Å². The summed E-state index contributed by atoms with van der Waals surface area (Å²) < 4.78 is 41.7. The maximum Gasteiger partial charge on any atom is 0.417 e. The molecule has 1 aliphatic rings. The van der Waals surface area contributed by atoms with Crippen molar-refractivity contribution in [2.24, 2.45) is 0 Å². The van der Waals surface area contributed by atoms with Crippen molar-refractivity contribution < 1.29 is 18.0 Å². The number of piperidine rings is 1. The van der Waals surface area contributed by atoms with E-state index in [4.69, 9.17) is 5.26 Å². The van der Waals surface area contributed by atoms with Crippen molar-refractivity contribution >= 4 is 16.8 Å². The van der Waals surface area contributed by atoms with Gasteiger partial charge in [0.15, 0.2) is 5.78 Å². The third-order valence-corrected chi connectivity index (χ3v) is 5.72. The van der Waals surface area contributed by atoms with E-state index in [9.17, 15) is 18.0 Å². The summed E-state index contributed by atoms with van der Waals surface area (Å²) in [6, 6.07) is 9.56. The summed E-state index contributed by atoms with van der Waals surface area (Å²) in [6.45, 7) is 3.61. The monoisotopic (exact) mass is 426 g/mol. The number of aromatic nitrogens is 2. The average molecular weight is 426 g/mol. The topological polar surface area (TPSA) is 61.9 Å². The van der Waals surface area contributed by atoms with Gasteiger partial charge in [-0.1, -0.05) is 6.42 Å². The number of carbonyl (C=O) groups is 1. The smallest absolute Gasteiger partial charge is 0.312 e. The van der Waals surface area contributed by atoms with E-state index in [1.165, 1.54) is 0 Å². The molecule has 0 spiro atoms. The van der Waals surface area contributed by atoms with E-state index in [0.717, 1.165) is 44.6 Å². The SMILES string of the molecule is Cc1c(C(=O)CN2CCCCC2)c2ncc(C(F)(F)F)cc2n1-c1ccc(C#N)cc1. The molecule has 1 aliphatic heterocycles. The fourth-order valence-electron chi connectivity index (χ4n) is 4.19. The number of halogens is 3. The Balaban J connectivity index is 1.86. The Morgan fingerprint density at radius 2 is 1.84 bits per heavy atom. The summed E-state index contributed by atoms with van der Waals surface area (Å²) in [5.41, 5.74) is 1.50. The molecular weight excluding hydrogens is 405 g/mol. The fourth-order valence-corrected chi connectivity index (χ4v) is 4.19. The van der Waals surface area contributed by atoms with Crippen LogP contribution in [0.1, 0.15) is 46.4 Å². The maximum absolute atomic E-state index is 13.4. The molecule has 0 bridgehead atoms. The highest BCUT2D eigenvalue weighted by molar-refractivity contribution is 6.09.